The number of nitriles is 3. The Balaban J connectivity index is 3.10. The molecule has 0 radical (unpaired) electrons. The van der Waals surface area contributed by atoms with E-state index >= 15 is 0 Å². The van der Waals surface area contributed by atoms with E-state index in [-0.39, 0.29) is 5.57 Å². The summed E-state index contributed by atoms with van der Waals surface area (Å²) in [6.07, 6.45) is 1.23. The van der Waals surface area contributed by atoms with Gasteiger partial charge in [-0.05, 0) is 28.1 Å². The molecule has 4 nitrogen and oxygen atoms in total. The van der Waals surface area contributed by atoms with Crippen molar-refractivity contribution in [2.24, 2.45) is 0 Å². The zero-order valence-electron chi connectivity index (χ0n) is 8.33. The van der Waals surface area contributed by atoms with Gasteiger partial charge in [0.25, 0.3) is 0 Å². The summed E-state index contributed by atoms with van der Waals surface area (Å²) in [5.74, 6) is 0. The highest BCUT2D eigenvalue weighted by Crippen LogP contribution is 2.29. The van der Waals surface area contributed by atoms with Gasteiger partial charge < -0.3 is 5.32 Å². The third-order valence-electron chi connectivity index (χ3n) is 1.79. The molecule has 0 aliphatic carbocycles. The van der Waals surface area contributed by atoms with Crippen LogP contribution in [0.1, 0.15) is 5.56 Å². The van der Waals surface area contributed by atoms with E-state index in [0.29, 0.717) is 20.7 Å². The first kappa shape index (κ1) is 13.1. The Kier molecular flexibility index (Phi) is 4.55. The van der Waals surface area contributed by atoms with Crippen LogP contribution in [0.4, 0.5) is 5.69 Å². The minimum atomic E-state index is -0.0810. The summed E-state index contributed by atoms with van der Waals surface area (Å²) in [5, 5.41) is 29.0. The fourth-order valence-corrected chi connectivity index (χ4v) is 1.77. The molecule has 0 fully saturated rings. The molecule has 1 aromatic rings. The number of allylic oxidation sites excluding steroid dienone is 1. The predicted octanol–water partition coefficient (Wildman–Crippen LogP) is 3.32. The van der Waals surface area contributed by atoms with E-state index < -0.39 is 0 Å². The first-order valence-electron chi connectivity index (χ1n) is 4.28. The zero-order valence-corrected chi connectivity index (χ0v) is 10.7. The van der Waals surface area contributed by atoms with Crippen molar-refractivity contribution in [3.8, 4) is 18.2 Å². The van der Waals surface area contributed by atoms with Crippen LogP contribution in [0.25, 0.3) is 0 Å². The van der Waals surface area contributed by atoms with Crippen molar-refractivity contribution in [1.82, 2.24) is 0 Å². The molecule has 0 unspecified atom stereocenters. The SMILES string of the molecule is N#CC(C#N)=CNc1cc(C#N)c(Br)cc1Cl. The number of nitrogens with zero attached hydrogens (tertiary/aromatic N) is 3. The molecule has 1 N–H and O–H groups in total. The summed E-state index contributed by atoms with van der Waals surface area (Å²) >= 11 is 9.13. The fraction of sp³-hybridized carbons (Fsp3) is 0. The summed E-state index contributed by atoms with van der Waals surface area (Å²) in [7, 11) is 0. The van der Waals surface area contributed by atoms with Gasteiger partial charge in [-0.1, -0.05) is 11.6 Å². The second-order valence-corrected chi connectivity index (χ2v) is 4.11. The Labute approximate surface area is 111 Å². The zero-order chi connectivity index (χ0) is 12.8. The monoisotopic (exact) mass is 306 g/mol. The molecule has 17 heavy (non-hydrogen) atoms. The van der Waals surface area contributed by atoms with E-state index in [2.05, 4.69) is 21.2 Å². The number of rotatable bonds is 2. The van der Waals surface area contributed by atoms with Gasteiger partial charge in [0.2, 0.25) is 0 Å². The quantitative estimate of drug-likeness (QED) is 0.849. The number of benzene rings is 1. The summed E-state index contributed by atoms with van der Waals surface area (Å²) in [4.78, 5) is 0. The average molecular weight is 308 g/mol. The predicted molar refractivity (Wildman–Crippen MR) is 66.8 cm³/mol. The lowest BCUT2D eigenvalue weighted by atomic mass is 10.2. The van der Waals surface area contributed by atoms with Gasteiger partial charge in [0.05, 0.1) is 16.3 Å². The van der Waals surface area contributed by atoms with Crippen LogP contribution in [0.5, 0.6) is 0 Å². The Morgan fingerprint density at radius 1 is 1.29 bits per heavy atom. The Morgan fingerprint density at radius 3 is 2.47 bits per heavy atom. The molecule has 1 rings (SSSR count). The van der Waals surface area contributed by atoms with E-state index in [9.17, 15) is 0 Å². The maximum Gasteiger partial charge on any atom is 0.145 e. The molecule has 0 atom stereocenters. The van der Waals surface area contributed by atoms with Gasteiger partial charge in [0.15, 0.2) is 0 Å². The van der Waals surface area contributed by atoms with Crippen molar-refractivity contribution >= 4 is 33.2 Å². The number of halogens is 2. The van der Waals surface area contributed by atoms with E-state index in [1.165, 1.54) is 12.3 Å². The number of anilines is 1. The topological polar surface area (TPSA) is 83.4 Å². The smallest absolute Gasteiger partial charge is 0.145 e. The first-order chi connectivity index (χ1) is 8.12. The third-order valence-corrected chi connectivity index (χ3v) is 2.76. The molecule has 0 aliphatic heterocycles. The number of nitrogens with one attached hydrogen (secondary N) is 1. The minimum absolute atomic E-state index is 0.0810. The summed E-state index contributed by atoms with van der Waals surface area (Å²) in [6, 6.07) is 8.47. The highest BCUT2D eigenvalue weighted by atomic mass is 79.9. The van der Waals surface area contributed by atoms with Crippen LogP contribution in [-0.4, -0.2) is 0 Å². The van der Waals surface area contributed by atoms with Crippen molar-refractivity contribution in [2.45, 2.75) is 0 Å². The molecule has 0 amide bonds. The lowest BCUT2D eigenvalue weighted by Crippen LogP contribution is -1.92. The van der Waals surface area contributed by atoms with Gasteiger partial charge in [-0.25, -0.2) is 0 Å². The normalized spacial score (nSPS) is 8.41. The van der Waals surface area contributed by atoms with Gasteiger partial charge in [0, 0.05) is 10.7 Å². The van der Waals surface area contributed by atoms with Crippen LogP contribution in [-0.2, 0) is 0 Å². The van der Waals surface area contributed by atoms with Gasteiger partial charge in [0.1, 0.15) is 23.8 Å². The molecular formula is C11H4BrClN4. The summed E-state index contributed by atoms with van der Waals surface area (Å²) in [5.41, 5.74) is 0.776. The van der Waals surface area contributed by atoms with Gasteiger partial charge >= 0.3 is 0 Å². The highest BCUT2D eigenvalue weighted by Gasteiger charge is 2.06. The second kappa shape index (κ2) is 5.92. The highest BCUT2D eigenvalue weighted by molar-refractivity contribution is 9.10. The summed E-state index contributed by atoms with van der Waals surface area (Å²) < 4.78 is 0.584. The molecule has 0 saturated heterocycles. The van der Waals surface area contributed by atoms with Crippen molar-refractivity contribution in [1.29, 1.82) is 15.8 Å². The van der Waals surface area contributed by atoms with Crippen LogP contribution in [0.15, 0.2) is 28.4 Å². The van der Waals surface area contributed by atoms with Crippen LogP contribution in [0, 0.1) is 34.0 Å². The lowest BCUT2D eigenvalue weighted by molar-refractivity contribution is 1.43. The Hall–Kier alpha value is -2.00. The molecule has 0 bridgehead atoms. The molecule has 1 aromatic carbocycles. The molecule has 0 aliphatic rings. The lowest BCUT2D eigenvalue weighted by Gasteiger charge is -2.05. The molecule has 0 spiro atoms. The molecule has 0 aromatic heterocycles. The molecule has 82 valence electrons. The Morgan fingerprint density at radius 2 is 1.94 bits per heavy atom. The van der Waals surface area contributed by atoms with E-state index in [1.807, 2.05) is 6.07 Å². The van der Waals surface area contributed by atoms with Crippen LogP contribution in [0.2, 0.25) is 5.02 Å². The van der Waals surface area contributed by atoms with Gasteiger partial charge in [-0.3, -0.25) is 0 Å². The molecule has 0 saturated carbocycles. The van der Waals surface area contributed by atoms with Crippen LogP contribution < -0.4 is 5.32 Å². The van der Waals surface area contributed by atoms with Crippen molar-refractivity contribution in [2.75, 3.05) is 5.32 Å². The van der Waals surface area contributed by atoms with Gasteiger partial charge in [-0.15, -0.1) is 0 Å². The maximum atomic E-state index is 8.83. The number of hydrogen-bond acceptors (Lipinski definition) is 4. The van der Waals surface area contributed by atoms with Crippen LogP contribution in [0.3, 0.4) is 0 Å². The Bertz CT molecular complexity index is 586. The van der Waals surface area contributed by atoms with E-state index in [4.69, 9.17) is 27.4 Å². The van der Waals surface area contributed by atoms with Gasteiger partial charge in [-0.2, -0.15) is 15.8 Å². The third kappa shape index (κ3) is 3.23. The molecule has 0 heterocycles. The average Bonchev–Trinajstić information content (AvgIpc) is 2.32. The molecule has 6 heteroatoms. The minimum Gasteiger partial charge on any atom is -0.359 e. The maximum absolute atomic E-state index is 8.83. The fourth-order valence-electron chi connectivity index (χ4n) is 0.985. The van der Waals surface area contributed by atoms with E-state index in [1.54, 1.807) is 18.2 Å². The molecular weight excluding hydrogens is 304 g/mol. The second-order valence-electron chi connectivity index (χ2n) is 2.85. The summed E-state index contributed by atoms with van der Waals surface area (Å²) in [6.45, 7) is 0. The standard InChI is InChI=1S/C11H4BrClN4/c12-9-2-10(13)11(1-8(9)5-16)17-6-7(3-14)4-15/h1-2,6,17H. The van der Waals surface area contributed by atoms with E-state index in [0.717, 1.165) is 0 Å². The van der Waals surface area contributed by atoms with Crippen molar-refractivity contribution < 1.29 is 0 Å². The van der Waals surface area contributed by atoms with Crippen LogP contribution >= 0.6 is 27.5 Å². The largest absolute Gasteiger partial charge is 0.359 e. The van der Waals surface area contributed by atoms with Crippen molar-refractivity contribution in [3.05, 3.63) is 39.0 Å². The number of hydrogen-bond donors (Lipinski definition) is 1. The van der Waals surface area contributed by atoms with Crippen molar-refractivity contribution in [3.63, 3.8) is 0 Å². The first-order valence-corrected chi connectivity index (χ1v) is 5.45.